The van der Waals surface area contributed by atoms with Gasteiger partial charge in [-0.1, -0.05) is 0 Å². The second-order valence-corrected chi connectivity index (χ2v) is 3.39. The Balaban J connectivity index is 3.68. The number of esters is 2. The third-order valence-electron chi connectivity index (χ3n) is 1.28. The van der Waals surface area contributed by atoms with Crippen LogP contribution < -0.4 is 0 Å². The highest BCUT2D eigenvalue weighted by molar-refractivity contribution is 6.29. The van der Waals surface area contributed by atoms with Crippen LogP contribution >= 0.6 is 0 Å². The molecule has 5 heteroatoms. The molecule has 0 fully saturated rings. The van der Waals surface area contributed by atoms with Gasteiger partial charge in [0.1, 0.15) is 6.61 Å². The van der Waals surface area contributed by atoms with Gasteiger partial charge in [0.2, 0.25) is 0 Å². The molecular formula is C9H17NO4. The van der Waals surface area contributed by atoms with Gasteiger partial charge in [-0.05, 0) is 27.9 Å². The van der Waals surface area contributed by atoms with Crippen molar-refractivity contribution in [3.05, 3.63) is 0 Å². The Labute approximate surface area is 84.0 Å². The van der Waals surface area contributed by atoms with Crippen LogP contribution in [0.3, 0.4) is 0 Å². The van der Waals surface area contributed by atoms with Crippen molar-refractivity contribution in [1.82, 2.24) is 4.90 Å². The van der Waals surface area contributed by atoms with E-state index in [1.54, 1.807) is 13.8 Å². The van der Waals surface area contributed by atoms with Crippen LogP contribution in [0.15, 0.2) is 0 Å². The summed E-state index contributed by atoms with van der Waals surface area (Å²) in [5.41, 5.74) is 0. The van der Waals surface area contributed by atoms with Crippen molar-refractivity contribution in [3.63, 3.8) is 0 Å². The fourth-order valence-electron chi connectivity index (χ4n) is 0.642. The van der Waals surface area contributed by atoms with Gasteiger partial charge < -0.3 is 14.4 Å². The van der Waals surface area contributed by atoms with E-state index in [0.717, 1.165) is 0 Å². The Morgan fingerprint density at radius 3 is 2.21 bits per heavy atom. The van der Waals surface area contributed by atoms with E-state index in [0.29, 0.717) is 6.54 Å². The minimum Gasteiger partial charge on any atom is -0.456 e. The van der Waals surface area contributed by atoms with Crippen molar-refractivity contribution in [2.24, 2.45) is 0 Å². The molecule has 0 aromatic rings. The molecule has 0 radical (unpaired) electrons. The van der Waals surface area contributed by atoms with Crippen molar-refractivity contribution in [2.75, 3.05) is 27.2 Å². The van der Waals surface area contributed by atoms with Crippen LogP contribution in [-0.4, -0.2) is 50.2 Å². The smallest absolute Gasteiger partial charge is 0.417 e. The van der Waals surface area contributed by atoms with Crippen molar-refractivity contribution in [3.8, 4) is 0 Å². The maximum atomic E-state index is 10.9. The Morgan fingerprint density at radius 2 is 1.79 bits per heavy atom. The standard InChI is InChI=1S/C9H17NO4/c1-7(2)14-9(12)8(11)13-6-5-10(3)4/h7H,5-6H2,1-4H3. The number of hydrogen-bond acceptors (Lipinski definition) is 5. The van der Waals surface area contributed by atoms with Crippen molar-refractivity contribution in [1.29, 1.82) is 0 Å². The highest BCUT2D eigenvalue weighted by Crippen LogP contribution is 1.91. The van der Waals surface area contributed by atoms with Crippen LogP contribution in [0.25, 0.3) is 0 Å². The predicted molar refractivity (Wildman–Crippen MR) is 50.7 cm³/mol. The topological polar surface area (TPSA) is 55.8 Å². The summed E-state index contributed by atoms with van der Waals surface area (Å²) < 4.78 is 9.30. The number of carbonyl (C=O) groups excluding carboxylic acids is 2. The average Bonchev–Trinajstić information content (AvgIpc) is 2.01. The van der Waals surface area contributed by atoms with E-state index in [1.807, 2.05) is 19.0 Å². The average molecular weight is 203 g/mol. The molecule has 82 valence electrons. The van der Waals surface area contributed by atoms with Crippen LogP contribution in [0.2, 0.25) is 0 Å². The van der Waals surface area contributed by atoms with Gasteiger partial charge in [0.05, 0.1) is 6.10 Å². The van der Waals surface area contributed by atoms with Crippen molar-refractivity contribution < 1.29 is 19.1 Å². The summed E-state index contributed by atoms with van der Waals surface area (Å²) in [5.74, 6) is -1.86. The molecule has 0 atom stereocenters. The second kappa shape index (κ2) is 6.37. The van der Waals surface area contributed by atoms with E-state index in [-0.39, 0.29) is 12.7 Å². The minimum atomic E-state index is -0.932. The molecule has 0 N–H and O–H groups in total. The van der Waals surface area contributed by atoms with Crippen LogP contribution in [-0.2, 0) is 19.1 Å². The van der Waals surface area contributed by atoms with E-state index in [9.17, 15) is 9.59 Å². The Kier molecular flexibility index (Phi) is 5.87. The summed E-state index contributed by atoms with van der Waals surface area (Å²) in [4.78, 5) is 23.7. The lowest BCUT2D eigenvalue weighted by molar-refractivity contribution is -0.170. The molecule has 0 aromatic carbocycles. The summed E-state index contributed by atoms with van der Waals surface area (Å²) in [6, 6.07) is 0. The molecule has 5 nitrogen and oxygen atoms in total. The van der Waals surface area contributed by atoms with Crippen LogP contribution in [0, 0.1) is 0 Å². The fourth-order valence-corrected chi connectivity index (χ4v) is 0.642. The normalized spacial score (nSPS) is 10.4. The van der Waals surface area contributed by atoms with E-state index in [1.165, 1.54) is 0 Å². The number of carbonyl (C=O) groups is 2. The molecule has 0 bridgehead atoms. The van der Waals surface area contributed by atoms with Crippen LogP contribution in [0.1, 0.15) is 13.8 Å². The summed E-state index contributed by atoms with van der Waals surface area (Å²) in [6.45, 7) is 4.12. The van der Waals surface area contributed by atoms with Gasteiger partial charge in [-0.2, -0.15) is 0 Å². The van der Waals surface area contributed by atoms with Crippen LogP contribution in [0.4, 0.5) is 0 Å². The SMILES string of the molecule is CC(C)OC(=O)C(=O)OCCN(C)C. The first-order valence-corrected chi connectivity index (χ1v) is 4.46. The molecule has 14 heavy (non-hydrogen) atoms. The Morgan fingerprint density at radius 1 is 1.21 bits per heavy atom. The lowest BCUT2D eigenvalue weighted by Gasteiger charge is -2.10. The lowest BCUT2D eigenvalue weighted by atomic mass is 10.5. The van der Waals surface area contributed by atoms with Gasteiger partial charge in [-0.25, -0.2) is 9.59 Å². The van der Waals surface area contributed by atoms with Gasteiger partial charge in [-0.15, -0.1) is 0 Å². The lowest BCUT2D eigenvalue weighted by Crippen LogP contribution is -2.26. The molecular weight excluding hydrogens is 186 g/mol. The molecule has 0 aliphatic heterocycles. The second-order valence-electron chi connectivity index (χ2n) is 3.39. The zero-order chi connectivity index (χ0) is 11.1. The van der Waals surface area contributed by atoms with Gasteiger partial charge >= 0.3 is 11.9 Å². The van der Waals surface area contributed by atoms with E-state index >= 15 is 0 Å². The van der Waals surface area contributed by atoms with Gasteiger partial charge in [0, 0.05) is 6.54 Å². The van der Waals surface area contributed by atoms with E-state index in [2.05, 4.69) is 9.47 Å². The minimum absolute atomic E-state index is 0.193. The first-order chi connectivity index (χ1) is 6.43. The monoisotopic (exact) mass is 203 g/mol. The van der Waals surface area contributed by atoms with E-state index < -0.39 is 11.9 Å². The largest absolute Gasteiger partial charge is 0.456 e. The maximum absolute atomic E-state index is 10.9. The predicted octanol–water partition coefficient (Wildman–Crippen LogP) is 0.0428. The molecule has 0 spiro atoms. The van der Waals surface area contributed by atoms with Gasteiger partial charge in [0.15, 0.2) is 0 Å². The first kappa shape index (κ1) is 12.9. The quantitative estimate of drug-likeness (QED) is 0.477. The fraction of sp³-hybridized carbons (Fsp3) is 0.778. The molecule has 0 heterocycles. The van der Waals surface area contributed by atoms with Crippen molar-refractivity contribution in [2.45, 2.75) is 20.0 Å². The molecule has 0 amide bonds. The zero-order valence-electron chi connectivity index (χ0n) is 9.07. The highest BCUT2D eigenvalue weighted by Gasteiger charge is 2.18. The number of hydrogen-bond donors (Lipinski definition) is 0. The molecule has 0 saturated carbocycles. The van der Waals surface area contributed by atoms with Gasteiger partial charge in [-0.3, -0.25) is 0 Å². The Hall–Kier alpha value is -1.10. The van der Waals surface area contributed by atoms with E-state index in [4.69, 9.17) is 0 Å². The summed E-state index contributed by atoms with van der Waals surface area (Å²) in [5, 5.41) is 0. The molecule has 0 unspecified atom stereocenters. The summed E-state index contributed by atoms with van der Waals surface area (Å²) in [6.07, 6.45) is -0.302. The maximum Gasteiger partial charge on any atom is 0.417 e. The third-order valence-corrected chi connectivity index (χ3v) is 1.28. The molecule has 0 saturated heterocycles. The number of ether oxygens (including phenoxy) is 2. The molecule has 0 aliphatic rings. The first-order valence-electron chi connectivity index (χ1n) is 4.46. The third kappa shape index (κ3) is 6.42. The molecule has 0 aromatic heterocycles. The van der Waals surface area contributed by atoms with Gasteiger partial charge in [0.25, 0.3) is 0 Å². The Bertz CT molecular complexity index is 201. The highest BCUT2D eigenvalue weighted by atomic mass is 16.6. The molecule has 0 aliphatic carbocycles. The number of likely N-dealkylation sites (N-methyl/N-ethyl adjacent to an activating group) is 1. The summed E-state index contributed by atoms with van der Waals surface area (Å²) in [7, 11) is 3.69. The summed E-state index contributed by atoms with van der Waals surface area (Å²) >= 11 is 0. The molecule has 0 rings (SSSR count). The number of nitrogens with zero attached hydrogens (tertiary/aromatic N) is 1. The number of rotatable bonds is 4. The zero-order valence-corrected chi connectivity index (χ0v) is 9.07. The van der Waals surface area contributed by atoms with Crippen molar-refractivity contribution >= 4 is 11.9 Å². The van der Waals surface area contributed by atoms with Crippen LogP contribution in [0.5, 0.6) is 0 Å².